The van der Waals surface area contributed by atoms with Gasteiger partial charge in [0.1, 0.15) is 5.82 Å². The highest BCUT2D eigenvalue weighted by Crippen LogP contribution is 2.37. The van der Waals surface area contributed by atoms with Crippen molar-refractivity contribution in [2.75, 3.05) is 11.9 Å². The van der Waals surface area contributed by atoms with E-state index in [0.29, 0.717) is 12.4 Å². The van der Waals surface area contributed by atoms with Gasteiger partial charge in [0, 0.05) is 12.7 Å². The van der Waals surface area contributed by atoms with E-state index in [1.807, 2.05) is 0 Å². The van der Waals surface area contributed by atoms with Crippen LogP contribution >= 0.6 is 11.6 Å². The highest BCUT2D eigenvalue weighted by molar-refractivity contribution is 6.28. The molecule has 1 aromatic rings. The van der Waals surface area contributed by atoms with Crippen LogP contribution in [0.3, 0.4) is 0 Å². The molecule has 92 valence electrons. The number of carbonyl (C=O) groups is 1. The first-order chi connectivity index (χ1) is 8.16. The largest absolute Gasteiger partial charge is 0.329 e. The molecule has 5 nitrogen and oxygen atoms in total. The summed E-state index contributed by atoms with van der Waals surface area (Å²) in [6.45, 7) is 0.373. The lowest BCUT2D eigenvalue weighted by Gasteiger charge is -2.25. The second-order valence-electron chi connectivity index (χ2n) is 4.36. The van der Waals surface area contributed by atoms with Gasteiger partial charge in [-0.05, 0) is 30.5 Å². The molecule has 1 fully saturated rings. The van der Waals surface area contributed by atoms with Crippen molar-refractivity contribution in [1.82, 2.24) is 9.97 Å². The fourth-order valence-corrected chi connectivity index (χ4v) is 2.38. The van der Waals surface area contributed by atoms with E-state index in [0.717, 1.165) is 25.7 Å². The Bertz CT molecular complexity index is 418. The Kier molecular flexibility index (Phi) is 3.59. The average molecular weight is 255 g/mol. The third-order valence-electron chi connectivity index (χ3n) is 3.30. The lowest BCUT2D eigenvalue weighted by molar-refractivity contribution is -0.124. The smallest absolute Gasteiger partial charge is 0.233 e. The van der Waals surface area contributed by atoms with Crippen molar-refractivity contribution in [3.63, 3.8) is 0 Å². The van der Waals surface area contributed by atoms with E-state index < -0.39 is 5.41 Å². The summed E-state index contributed by atoms with van der Waals surface area (Å²) in [5, 5.41) is 2.88. The van der Waals surface area contributed by atoms with Crippen LogP contribution < -0.4 is 11.1 Å². The summed E-state index contributed by atoms with van der Waals surface area (Å²) in [5.74, 6) is 0.363. The summed E-state index contributed by atoms with van der Waals surface area (Å²) >= 11 is 5.66. The minimum atomic E-state index is -0.433. The number of nitrogens with zero attached hydrogens (tertiary/aromatic N) is 2. The zero-order chi connectivity index (χ0) is 12.3. The fourth-order valence-electron chi connectivity index (χ4n) is 2.23. The molecular weight excluding hydrogens is 240 g/mol. The third-order valence-corrected chi connectivity index (χ3v) is 3.48. The van der Waals surface area contributed by atoms with Crippen LogP contribution in [0.2, 0.25) is 5.28 Å². The summed E-state index contributed by atoms with van der Waals surface area (Å²) in [5.41, 5.74) is 5.30. The minimum Gasteiger partial charge on any atom is -0.329 e. The van der Waals surface area contributed by atoms with E-state index in [4.69, 9.17) is 17.3 Å². The molecule has 1 aliphatic carbocycles. The second kappa shape index (κ2) is 4.98. The van der Waals surface area contributed by atoms with Crippen molar-refractivity contribution in [3.8, 4) is 0 Å². The van der Waals surface area contributed by atoms with Crippen molar-refractivity contribution >= 4 is 23.3 Å². The van der Waals surface area contributed by atoms with Crippen LogP contribution in [-0.2, 0) is 4.79 Å². The number of nitrogens with one attached hydrogen (secondary N) is 1. The van der Waals surface area contributed by atoms with Gasteiger partial charge in [0.25, 0.3) is 0 Å². The first kappa shape index (κ1) is 12.3. The SMILES string of the molecule is NCC1(C(=O)Nc2ccnc(Cl)n2)CCCC1. The fraction of sp³-hybridized carbons (Fsp3) is 0.545. The number of rotatable bonds is 3. The molecule has 0 saturated heterocycles. The average Bonchev–Trinajstić information content (AvgIpc) is 2.78. The van der Waals surface area contributed by atoms with Crippen molar-refractivity contribution in [3.05, 3.63) is 17.5 Å². The molecule has 0 aromatic carbocycles. The molecule has 17 heavy (non-hydrogen) atoms. The number of carbonyl (C=O) groups excluding carboxylic acids is 1. The summed E-state index contributed by atoms with van der Waals surface area (Å²) in [7, 11) is 0. The quantitative estimate of drug-likeness (QED) is 0.803. The maximum atomic E-state index is 12.2. The lowest BCUT2D eigenvalue weighted by Crippen LogP contribution is -2.40. The van der Waals surface area contributed by atoms with E-state index >= 15 is 0 Å². The van der Waals surface area contributed by atoms with Gasteiger partial charge in [0.15, 0.2) is 0 Å². The molecule has 3 N–H and O–H groups in total. The van der Waals surface area contributed by atoms with Crippen molar-refractivity contribution in [2.45, 2.75) is 25.7 Å². The van der Waals surface area contributed by atoms with Crippen LogP contribution in [0, 0.1) is 5.41 Å². The topological polar surface area (TPSA) is 80.9 Å². The van der Waals surface area contributed by atoms with Gasteiger partial charge in [-0.3, -0.25) is 4.79 Å². The van der Waals surface area contributed by atoms with Crippen molar-refractivity contribution < 1.29 is 4.79 Å². The maximum Gasteiger partial charge on any atom is 0.233 e. The number of halogens is 1. The molecule has 6 heteroatoms. The molecule has 0 spiro atoms. The van der Waals surface area contributed by atoms with E-state index in [2.05, 4.69) is 15.3 Å². The summed E-state index contributed by atoms with van der Waals surface area (Å²) in [4.78, 5) is 19.9. The van der Waals surface area contributed by atoms with Gasteiger partial charge in [-0.25, -0.2) is 9.97 Å². The molecule has 0 unspecified atom stereocenters. The molecule has 1 aliphatic rings. The molecular formula is C11H15ClN4O. The van der Waals surface area contributed by atoms with Gasteiger partial charge >= 0.3 is 0 Å². The Morgan fingerprint density at radius 2 is 2.24 bits per heavy atom. The molecule has 0 bridgehead atoms. The third kappa shape index (κ3) is 2.56. The summed E-state index contributed by atoms with van der Waals surface area (Å²) in [6, 6.07) is 1.61. The molecule has 1 amide bonds. The van der Waals surface area contributed by atoms with E-state index in [1.54, 1.807) is 6.07 Å². The number of hydrogen-bond donors (Lipinski definition) is 2. The van der Waals surface area contributed by atoms with Gasteiger partial charge in [-0.2, -0.15) is 0 Å². The minimum absolute atomic E-state index is 0.0627. The molecule has 1 aromatic heterocycles. The predicted molar refractivity (Wildman–Crippen MR) is 65.6 cm³/mol. The zero-order valence-electron chi connectivity index (χ0n) is 9.45. The zero-order valence-corrected chi connectivity index (χ0v) is 10.2. The van der Waals surface area contributed by atoms with E-state index in [9.17, 15) is 4.79 Å². The summed E-state index contributed by atoms with van der Waals surface area (Å²) < 4.78 is 0. The highest BCUT2D eigenvalue weighted by Gasteiger charge is 2.39. The Labute approximate surface area is 105 Å². The van der Waals surface area contributed by atoms with Gasteiger partial charge in [-0.1, -0.05) is 12.8 Å². The molecule has 0 aliphatic heterocycles. The normalized spacial score (nSPS) is 18.0. The van der Waals surface area contributed by atoms with E-state index in [1.165, 1.54) is 6.20 Å². The van der Waals surface area contributed by atoms with Crippen molar-refractivity contribution in [1.29, 1.82) is 0 Å². The number of anilines is 1. The Morgan fingerprint density at radius 3 is 2.82 bits per heavy atom. The number of nitrogens with two attached hydrogens (primary N) is 1. The first-order valence-corrected chi connectivity index (χ1v) is 6.04. The molecule has 0 radical (unpaired) electrons. The van der Waals surface area contributed by atoms with Gasteiger partial charge in [0.05, 0.1) is 5.41 Å². The highest BCUT2D eigenvalue weighted by atomic mass is 35.5. The Morgan fingerprint density at radius 1 is 1.53 bits per heavy atom. The molecule has 1 saturated carbocycles. The van der Waals surface area contributed by atoms with Gasteiger partial charge in [-0.15, -0.1) is 0 Å². The molecule has 2 rings (SSSR count). The number of hydrogen-bond acceptors (Lipinski definition) is 4. The van der Waals surface area contributed by atoms with Crippen LogP contribution in [0.1, 0.15) is 25.7 Å². The van der Waals surface area contributed by atoms with Gasteiger partial charge < -0.3 is 11.1 Å². The van der Waals surface area contributed by atoms with Crippen LogP contribution in [0.5, 0.6) is 0 Å². The standard InChI is InChI=1S/C11H15ClN4O/c12-10-14-6-3-8(16-10)15-9(17)11(7-13)4-1-2-5-11/h3,6H,1-2,4-5,7,13H2,(H,14,15,16,17). The van der Waals surface area contributed by atoms with Crippen LogP contribution in [-0.4, -0.2) is 22.4 Å². The molecule has 1 heterocycles. The second-order valence-corrected chi connectivity index (χ2v) is 4.69. The lowest BCUT2D eigenvalue weighted by atomic mass is 9.85. The first-order valence-electron chi connectivity index (χ1n) is 5.66. The molecule has 0 atom stereocenters. The Hall–Kier alpha value is -1.20. The van der Waals surface area contributed by atoms with Gasteiger partial charge in [0.2, 0.25) is 11.2 Å². The van der Waals surface area contributed by atoms with Crippen LogP contribution in [0.4, 0.5) is 5.82 Å². The number of amides is 1. The van der Waals surface area contributed by atoms with Crippen molar-refractivity contribution in [2.24, 2.45) is 11.1 Å². The maximum absolute atomic E-state index is 12.2. The monoisotopic (exact) mass is 254 g/mol. The summed E-state index contributed by atoms with van der Waals surface area (Å²) in [6.07, 6.45) is 5.29. The number of aromatic nitrogens is 2. The van der Waals surface area contributed by atoms with Crippen LogP contribution in [0.25, 0.3) is 0 Å². The van der Waals surface area contributed by atoms with E-state index in [-0.39, 0.29) is 11.2 Å². The Balaban J connectivity index is 2.10. The predicted octanol–water partition coefficient (Wildman–Crippen LogP) is 1.59. The van der Waals surface area contributed by atoms with Crippen LogP contribution in [0.15, 0.2) is 12.3 Å².